The molecule has 25 nitrogen and oxygen atoms in total. The Morgan fingerprint density at radius 3 is 1.28 bits per heavy atom. The van der Waals surface area contributed by atoms with E-state index in [2.05, 4.69) is 94.6 Å². The van der Waals surface area contributed by atoms with E-state index in [1.807, 2.05) is 66.7 Å². The van der Waals surface area contributed by atoms with Gasteiger partial charge in [-0.25, -0.2) is 36.0 Å². The lowest BCUT2D eigenvalue weighted by molar-refractivity contribution is 0.225. The van der Waals surface area contributed by atoms with E-state index >= 15 is 13.2 Å². The molecule has 0 unspecified atom stereocenters. The lowest BCUT2D eigenvalue weighted by Crippen LogP contribution is -2.47. The van der Waals surface area contributed by atoms with Crippen molar-refractivity contribution in [2.75, 3.05) is 70.5 Å². The highest BCUT2D eigenvalue weighted by Crippen LogP contribution is 2.41. The van der Waals surface area contributed by atoms with Gasteiger partial charge in [0.15, 0.2) is 27.3 Å². The number of halogens is 6. The van der Waals surface area contributed by atoms with E-state index in [4.69, 9.17) is 61.5 Å². The zero-order chi connectivity index (χ0) is 92.2. The van der Waals surface area contributed by atoms with Gasteiger partial charge in [-0.15, -0.1) is 0 Å². The predicted molar refractivity (Wildman–Crippen MR) is 517 cm³/mol. The van der Waals surface area contributed by atoms with E-state index in [0.717, 1.165) is 167 Å². The van der Waals surface area contributed by atoms with Crippen LogP contribution in [-0.4, -0.2) is 156 Å². The van der Waals surface area contributed by atoms with E-state index in [-0.39, 0.29) is 38.7 Å². The van der Waals surface area contributed by atoms with Crippen LogP contribution in [-0.2, 0) is 42.2 Å². The maximum absolute atomic E-state index is 15.3. The second kappa shape index (κ2) is 43.0. The molecule has 10 N–H and O–H groups in total. The van der Waals surface area contributed by atoms with Gasteiger partial charge in [-0.1, -0.05) is 113 Å². The van der Waals surface area contributed by atoms with E-state index in [1.165, 1.54) is 26.5 Å². The van der Waals surface area contributed by atoms with Gasteiger partial charge >= 0.3 is 17.1 Å². The molecule has 0 spiro atoms. The van der Waals surface area contributed by atoms with Crippen molar-refractivity contribution in [3.8, 4) is 62.3 Å². The first-order valence-corrected chi connectivity index (χ1v) is 47.9. The summed E-state index contributed by atoms with van der Waals surface area (Å²) >= 11 is 18.9. The van der Waals surface area contributed by atoms with Gasteiger partial charge in [-0.2, -0.15) is 15.0 Å². The van der Waals surface area contributed by atoms with Crippen LogP contribution in [0.1, 0.15) is 165 Å². The van der Waals surface area contributed by atoms with Gasteiger partial charge < -0.3 is 46.9 Å². The fourth-order valence-corrected chi connectivity index (χ4v) is 19.7. The molecule has 6 aromatic carbocycles. The second-order valence-corrected chi connectivity index (χ2v) is 39.1. The van der Waals surface area contributed by atoms with Crippen molar-refractivity contribution >= 4 is 95.2 Å². The summed E-state index contributed by atoms with van der Waals surface area (Å²) in [6, 6.07) is 34.1. The van der Waals surface area contributed by atoms with Gasteiger partial charge in [-0.05, 0) is 216 Å². The highest BCUT2D eigenvalue weighted by molar-refractivity contribution is 7.91. The van der Waals surface area contributed by atoms with E-state index in [1.54, 1.807) is 87.9 Å². The van der Waals surface area contributed by atoms with Crippen LogP contribution in [0.2, 0.25) is 15.1 Å². The molecule has 1 saturated heterocycles. The van der Waals surface area contributed by atoms with Crippen molar-refractivity contribution in [1.82, 2.24) is 58.7 Å². The third-order valence-corrected chi connectivity index (χ3v) is 26.8. The molecule has 0 bridgehead atoms. The maximum atomic E-state index is 15.3. The monoisotopic (exact) mass is 1850 g/mol. The number of hydrogen-bond acceptors (Lipinski definition) is 16. The van der Waals surface area contributed by atoms with Gasteiger partial charge in [0.1, 0.15) is 41.7 Å². The Balaban J connectivity index is 0.000000157. The van der Waals surface area contributed by atoms with Crippen LogP contribution in [0.5, 0.6) is 11.5 Å². The summed E-state index contributed by atoms with van der Waals surface area (Å²) in [5.74, 6) is 4.50. The molecule has 130 heavy (non-hydrogen) atoms. The molecule has 1 aliphatic carbocycles. The summed E-state index contributed by atoms with van der Waals surface area (Å²) in [6.07, 6.45) is 19.0. The van der Waals surface area contributed by atoms with Gasteiger partial charge in [0.05, 0.1) is 78.2 Å². The Kier molecular flexibility index (Phi) is 31.5. The molecule has 2 fully saturated rings. The number of nitrogens with zero attached hydrogens (tertiary/aromatic N) is 11. The third-order valence-electron chi connectivity index (χ3n) is 24.2. The van der Waals surface area contributed by atoms with Gasteiger partial charge in [0, 0.05) is 146 Å². The smallest absolute Gasteiger partial charge is 0.354 e. The van der Waals surface area contributed by atoms with Gasteiger partial charge in [0.2, 0.25) is 0 Å². The zero-order valence-corrected chi connectivity index (χ0v) is 78.0. The van der Waals surface area contributed by atoms with E-state index in [0.29, 0.717) is 153 Å². The Morgan fingerprint density at radius 1 is 0.500 bits per heavy atom. The van der Waals surface area contributed by atoms with Crippen molar-refractivity contribution in [3.05, 3.63) is 231 Å². The SMILES string of the molecule is CC(N)=NCCCN1CCOc2cc(-n3cc4cc(-c5cc(CCCC(C)C)cc(Cl)c5F)[nH]c4nc3=O)ccc2C1.CC(N)=NCCCN1CCOc2cc(-n3cc4cc(-c5cc(CCC[C@@H](C)C6CC6)cc(Cl)c5F)[nH]c4nc3=O)ccc2C1.CC(N)=NCC[C@H]1CS(=O)(=O)C[C@@H](c2ccc(-n3cc4cc(-c5cc(CCCC(C)C)cc(Cl)c5F)[nH]c4nc3=O)cc2)N1. The van der Waals surface area contributed by atoms with E-state index in [9.17, 15) is 22.8 Å². The van der Waals surface area contributed by atoms with Crippen molar-refractivity contribution in [2.24, 2.45) is 55.8 Å². The average molecular weight is 1850 g/mol. The van der Waals surface area contributed by atoms with Crippen molar-refractivity contribution in [1.29, 1.82) is 0 Å². The average Bonchev–Trinajstić information content (AvgIpc) is 1.63. The van der Waals surface area contributed by atoms with Crippen LogP contribution in [0.25, 0.3) is 83.9 Å². The minimum absolute atomic E-state index is 0.0128. The van der Waals surface area contributed by atoms with Crippen LogP contribution in [0.4, 0.5) is 13.2 Å². The number of benzene rings is 6. The molecule has 0 amide bonds. The fourth-order valence-electron chi connectivity index (χ4n) is 17.1. The second-order valence-electron chi connectivity index (χ2n) is 35.7. The first-order valence-electron chi connectivity index (χ1n) is 45.0. The number of nitrogens with two attached hydrogens (primary N) is 3. The molecule has 4 aliphatic rings. The topological polar surface area (TPSA) is 338 Å². The van der Waals surface area contributed by atoms with E-state index < -0.39 is 44.4 Å². The molecule has 9 heterocycles. The van der Waals surface area contributed by atoms with Crippen LogP contribution >= 0.6 is 34.8 Å². The molecule has 3 aliphatic heterocycles. The highest BCUT2D eigenvalue weighted by atomic mass is 35.5. The molecule has 32 heteroatoms. The Labute approximate surface area is 770 Å². The molecule has 6 aromatic heterocycles. The largest absolute Gasteiger partial charge is 0.492 e. The maximum Gasteiger partial charge on any atom is 0.354 e. The number of sulfone groups is 1. The summed E-state index contributed by atoms with van der Waals surface area (Å²) in [5.41, 5.74) is 27.0. The first-order chi connectivity index (χ1) is 62.3. The van der Waals surface area contributed by atoms with Crippen LogP contribution in [0.15, 0.2) is 163 Å². The number of aromatic amines is 3. The molecular weight excluding hydrogens is 1740 g/mol. The molecule has 3 atom stereocenters. The highest BCUT2D eigenvalue weighted by Gasteiger charge is 2.33. The Bertz CT molecular complexity index is 6470. The molecular formula is C98H116Cl3F3N18O7S. The number of aromatic nitrogens is 9. The normalized spacial score (nSPS) is 16.5. The zero-order valence-electron chi connectivity index (χ0n) is 74.9. The summed E-state index contributed by atoms with van der Waals surface area (Å²) in [4.78, 5) is 78.7. The number of amidine groups is 3. The van der Waals surface area contributed by atoms with Crippen LogP contribution in [0, 0.1) is 41.1 Å². The first kappa shape index (κ1) is 95.2. The molecule has 0 radical (unpaired) electrons. The number of aryl methyl sites for hydroxylation is 3. The Morgan fingerprint density at radius 2 is 0.885 bits per heavy atom. The third kappa shape index (κ3) is 24.8. The molecule has 12 aromatic rings. The predicted octanol–water partition coefficient (Wildman–Crippen LogP) is 18.0. The van der Waals surface area contributed by atoms with Crippen LogP contribution < -0.4 is 49.1 Å². The van der Waals surface area contributed by atoms with Gasteiger partial charge in [-0.3, -0.25) is 38.5 Å². The minimum Gasteiger partial charge on any atom is -0.492 e. The number of H-pyrrole nitrogens is 3. The molecule has 1 saturated carbocycles. The summed E-state index contributed by atoms with van der Waals surface area (Å²) < 4.78 is 87.4. The number of nitrogens with one attached hydrogen (secondary N) is 4. The number of fused-ring (bicyclic) bond motifs is 5. The summed E-state index contributed by atoms with van der Waals surface area (Å²) in [5, 5.41) is 5.67. The van der Waals surface area contributed by atoms with Crippen molar-refractivity contribution in [3.63, 3.8) is 0 Å². The fraction of sp³-hybridized carbons (Fsp3) is 0.418. The van der Waals surface area contributed by atoms with Crippen LogP contribution in [0.3, 0.4) is 0 Å². The molecule has 16 rings (SSSR count). The van der Waals surface area contributed by atoms with Crippen molar-refractivity contribution in [2.45, 2.75) is 170 Å². The van der Waals surface area contributed by atoms with Gasteiger partial charge in [0.25, 0.3) is 0 Å². The Hall–Kier alpha value is -10.9. The summed E-state index contributed by atoms with van der Waals surface area (Å²) in [7, 11) is -3.26. The van der Waals surface area contributed by atoms with Crippen molar-refractivity contribution < 1.29 is 31.1 Å². The quantitative estimate of drug-likeness (QED) is 0.0121. The minimum atomic E-state index is -3.26. The number of hydrogen-bond donors (Lipinski definition) is 7. The number of rotatable bonds is 31. The lowest BCUT2D eigenvalue weighted by atomic mass is 9.96. The number of ether oxygens (including phenoxy) is 2. The molecule has 688 valence electrons. The number of aliphatic imine (C=N–C) groups is 3. The standard InChI is InChI=1S/C34H40ClFN6O2.C32H38ClFN6O3S.C32H38ClFN6O2/c1-21(24-7-8-24)5-3-6-23-15-28(32(36)29(35)16-23)30-17-26-20-42(34(43)40-33(26)39-30)27-10-9-25-19-41(12-4-11-38-22(2)37)13-14-44-31(25)18-27;1-19(2)5-4-6-21-13-26(30(34)27(33)14-21)28-15-23-16-40(32(41)39-31(23)38-28)25-9-7-22(8-10-25)29-18-44(42,43)17-24(37-29)11-12-36-20(3)35;1-20(2)6-4-7-22-14-26(30(34)27(33)15-22)28-16-24-19-40(32(41)38-31(24)37-28)25-9-8-23-18-39(11-5-10-36-21(3)35)12-13-42-29(23)17-25/h9-10,15-18,20-21,24H,3-8,11-14,19H2,1-2H3,(H2,37,38)(H,39,40,43);7-10,13-16,19,24,29,37H,4-6,11-12,17-18H2,1-3H3,(H2,35,36)(H,38,39,41);8-9,14-17,19-20H,4-7,10-13,18H2,1-3H3,(H2,35,36)(H,37,38,41)/t21-;24-,29-;/m10./s1. The lowest BCUT2D eigenvalue weighted by Gasteiger charge is -2.31. The summed E-state index contributed by atoms with van der Waals surface area (Å²) in [6.45, 7) is 24.2.